The van der Waals surface area contributed by atoms with Gasteiger partial charge in [-0.05, 0) is 19.4 Å². The van der Waals surface area contributed by atoms with E-state index in [1.807, 2.05) is 26.0 Å². The summed E-state index contributed by atoms with van der Waals surface area (Å²) in [5, 5.41) is 21.2. The van der Waals surface area contributed by atoms with Crippen LogP contribution in [-0.4, -0.2) is 42.0 Å². The van der Waals surface area contributed by atoms with Crippen molar-refractivity contribution in [3.05, 3.63) is 23.8 Å². The van der Waals surface area contributed by atoms with E-state index in [2.05, 4.69) is 5.32 Å². The van der Waals surface area contributed by atoms with Gasteiger partial charge < -0.3 is 25.0 Å². The molecule has 0 fully saturated rings. The maximum absolute atomic E-state index is 10.7. The summed E-state index contributed by atoms with van der Waals surface area (Å²) in [5.74, 6) is -0.0841. The summed E-state index contributed by atoms with van der Waals surface area (Å²) < 4.78 is 10.8. The smallest absolute Gasteiger partial charge is 0.341 e. The van der Waals surface area contributed by atoms with E-state index in [4.69, 9.17) is 14.6 Å². The Bertz CT molecular complexity index is 446. The molecular weight excluding hydrogens is 274 g/mol. The predicted octanol–water partition coefficient (Wildman–Crippen LogP) is 1.41. The number of rotatable bonds is 10. The Morgan fingerprint density at radius 1 is 1.33 bits per heavy atom. The van der Waals surface area contributed by atoms with Crippen molar-refractivity contribution in [2.24, 2.45) is 0 Å². The molecule has 0 aliphatic carbocycles. The highest BCUT2D eigenvalue weighted by Gasteiger charge is 2.14. The number of carbonyl (C=O) groups is 1. The molecule has 118 valence electrons. The van der Waals surface area contributed by atoms with E-state index in [-0.39, 0.29) is 12.6 Å². The number of nitrogens with one attached hydrogen (secondary N) is 1. The number of aliphatic hydroxyl groups is 1. The molecule has 0 heterocycles. The van der Waals surface area contributed by atoms with Crippen LogP contribution < -0.4 is 14.8 Å². The molecule has 1 atom stereocenters. The summed E-state index contributed by atoms with van der Waals surface area (Å²) in [4.78, 5) is 10.7. The first kappa shape index (κ1) is 17.3. The molecule has 0 amide bonds. The van der Waals surface area contributed by atoms with Crippen LogP contribution in [0.1, 0.15) is 25.8 Å². The summed E-state index contributed by atoms with van der Waals surface area (Å²) in [6, 6.07) is 5.41. The highest BCUT2D eigenvalue weighted by Crippen LogP contribution is 2.31. The minimum absolute atomic E-state index is 0.00641. The van der Waals surface area contributed by atoms with E-state index in [9.17, 15) is 9.90 Å². The zero-order chi connectivity index (χ0) is 15.7. The molecule has 1 aromatic carbocycles. The normalized spacial score (nSPS) is 12.0. The van der Waals surface area contributed by atoms with Gasteiger partial charge in [-0.15, -0.1) is 0 Å². The van der Waals surface area contributed by atoms with Gasteiger partial charge >= 0.3 is 5.97 Å². The molecule has 0 radical (unpaired) electrons. The molecule has 1 aromatic rings. The third-order valence-electron chi connectivity index (χ3n) is 2.99. The number of para-hydroxylation sites is 1. The van der Waals surface area contributed by atoms with Gasteiger partial charge in [0.25, 0.3) is 0 Å². The van der Waals surface area contributed by atoms with E-state index in [0.717, 1.165) is 12.0 Å². The molecule has 0 aromatic heterocycles. The Morgan fingerprint density at radius 2 is 2.10 bits per heavy atom. The van der Waals surface area contributed by atoms with Crippen LogP contribution in [0, 0.1) is 0 Å². The summed E-state index contributed by atoms with van der Waals surface area (Å²) >= 11 is 0. The van der Waals surface area contributed by atoms with Crippen molar-refractivity contribution >= 4 is 5.97 Å². The van der Waals surface area contributed by atoms with Crippen molar-refractivity contribution in [1.82, 2.24) is 5.32 Å². The molecule has 1 unspecified atom stereocenters. The quantitative estimate of drug-likeness (QED) is 0.605. The Labute approximate surface area is 124 Å². The van der Waals surface area contributed by atoms with Gasteiger partial charge in [-0.1, -0.05) is 19.1 Å². The standard InChI is InChI=1S/C15H23NO5/c1-3-12(9-17)16-8-11-6-5-7-13(20-4-2)15(11)21-10-14(18)19/h5-7,12,16-17H,3-4,8-10H2,1-2H3,(H,18,19). The second-order valence-corrected chi connectivity index (χ2v) is 4.53. The van der Waals surface area contributed by atoms with E-state index >= 15 is 0 Å². The number of carboxylic acids is 1. The topological polar surface area (TPSA) is 88.0 Å². The molecule has 0 bridgehead atoms. The third-order valence-corrected chi connectivity index (χ3v) is 2.99. The van der Waals surface area contributed by atoms with Gasteiger partial charge in [-0.2, -0.15) is 0 Å². The van der Waals surface area contributed by atoms with Crippen LogP contribution in [0.2, 0.25) is 0 Å². The maximum Gasteiger partial charge on any atom is 0.341 e. The van der Waals surface area contributed by atoms with Crippen LogP contribution in [-0.2, 0) is 11.3 Å². The second kappa shape index (κ2) is 9.20. The summed E-state index contributed by atoms with van der Waals surface area (Å²) in [6.45, 7) is 4.39. The zero-order valence-electron chi connectivity index (χ0n) is 12.5. The fourth-order valence-corrected chi connectivity index (χ4v) is 1.86. The average Bonchev–Trinajstić information content (AvgIpc) is 2.47. The van der Waals surface area contributed by atoms with Gasteiger partial charge in [0.2, 0.25) is 0 Å². The molecule has 0 spiro atoms. The molecule has 1 rings (SSSR count). The number of hydrogen-bond acceptors (Lipinski definition) is 5. The number of hydrogen-bond donors (Lipinski definition) is 3. The van der Waals surface area contributed by atoms with Crippen molar-refractivity contribution in [3.8, 4) is 11.5 Å². The van der Waals surface area contributed by atoms with E-state index in [1.54, 1.807) is 6.07 Å². The van der Waals surface area contributed by atoms with Crippen molar-refractivity contribution in [1.29, 1.82) is 0 Å². The second-order valence-electron chi connectivity index (χ2n) is 4.53. The first-order chi connectivity index (χ1) is 10.1. The van der Waals surface area contributed by atoms with Gasteiger partial charge in [0.05, 0.1) is 13.2 Å². The van der Waals surface area contributed by atoms with Crippen LogP contribution in [0.3, 0.4) is 0 Å². The first-order valence-electron chi connectivity index (χ1n) is 7.05. The van der Waals surface area contributed by atoms with Gasteiger partial charge in [0, 0.05) is 18.2 Å². The minimum Gasteiger partial charge on any atom is -0.490 e. The Kier molecular flexibility index (Phi) is 7.56. The number of ether oxygens (including phenoxy) is 2. The molecule has 0 aliphatic heterocycles. The monoisotopic (exact) mass is 297 g/mol. The fraction of sp³-hybridized carbons (Fsp3) is 0.533. The lowest BCUT2D eigenvalue weighted by atomic mass is 10.1. The highest BCUT2D eigenvalue weighted by atomic mass is 16.5. The van der Waals surface area contributed by atoms with Crippen molar-refractivity contribution in [3.63, 3.8) is 0 Å². The molecule has 0 saturated heterocycles. The summed E-state index contributed by atoms with van der Waals surface area (Å²) in [7, 11) is 0. The molecule has 21 heavy (non-hydrogen) atoms. The number of benzene rings is 1. The third kappa shape index (κ3) is 5.61. The number of carboxylic acid groups (broad SMARTS) is 1. The van der Waals surface area contributed by atoms with Gasteiger partial charge in [-0.3, -0.25) is 0 Å². The zero-order valence-corrected chi connectivity index (χ0v) is 12.5. The van der Waals surface area contributed by atoms with Crippen LogP contribution in [0.5, 0.6) is 11.5 Å². The largest absolute Gasteiger partial charge is 0.490 e. The van der Waals surface area contributed by atoms with Crippen molar-refractivity contribution in [2.45, 2.75) is 32.9 Å². The van der Waals surface area contributed by atoms with Crippen LogP contribution in [0.4, 0.5) is 0 Å². The SMILES string of the molecule is CCOc1cccc(CNC(CC)CO)c1OCC(=O)O. The lowest BCUT2D eigenvalue weighted by Gasteiger charge is -2.18. The van der Waals surface area contributed by atoms with Gasteiger partial charge in [0.1, 0.15) is 0 Å². The minimum atomic E-state index is -1.04. The average molecular weight is 297 g/mol. The van der Waals surface area contributed by atoms with Crippen LogP contribution >= 0.6 is 0 Å². The Balaban J connectivity index is 2.88. The van der Waals surface area contributed by atoms with Crippen LogP contribution in [0.25, 0.3) is 0 Å². The Morgan fingerprint density at radius 3 is 2.67 bits per heavy atom. The number of aliphatic carboxylic acids is 1. The van der Waals surface area contributed by atoms with Gasteiger partial charge in [-0.25, -0.2) is 4.79 Å². The maximum atomic E-state index is 10.7. The molecule has 6 heteroatoms. The molecule has 0 aliphatic rings. The molecule has 6 nitrogen and oxygen atoms in total. The van der Waals surface area contributed by atoms with Crippen LogP contribution in [0.15, 0.2) is 18.2 Å². The first-order valence-corrected chi connectivity index (χ1v) is 7.05. The molecule has 0 saturated carbocycles. The van der Waals surface area contributed by atoms with E-state index in [1.165, 1.54) is 0 Å². The van der Waals surface area contributed by atoms with Gasteiger partial charge in [0.15, 0.2) is 18.1 Å². The summed E-state index contributed by atoms with van der Waals surface area (Å²) in [6.07, 6.45) is 0.799. The van der Waals surface area contributed by atoms with E-state index < -0.39 is 12.6 Å². The lowest BCUT2D eigenvalue weighted by molar-refractivity contribution is -0.139. The fourth-order valence-electron chi connectivity index (χ4n) is 1.86. The lowest BCUT2D eigenvalue weighted by Crippen LogP contribution is -2.31. The van der Waals surface area contributed by atoms with Crippen molar-refractivity contribution in [2.75, 3.05) is 19.8 Å². The Hall–Kier alpha value is -1.79. The summed E-state index contributed by atoms with van der Waals surface area (Å²) in [5.41, 5.74) is 0.800. The van der Waals surface area contributed by atoms with E-state index in [0.29, 0.717) is 24.7 Å². The predicted molar refractivity (Wildman–Crippen MR) is 78.7 cm³/mol. The number of aliphatic hydroxyl groups excluding tert-OH is 1. The van der Waals surface area contributed by atoms with Crippen molar-refractivity contribution < 1.29 is 24.5 Å². The molecule has 3 N–H and O–H groups in total. The highest BCUT2D eigenvalue weighted by molar-refractivity contribution is 5.68. The molecular formula is C15H23NO5.